The molecular weight excluding hydrogens is 395 g/mol. The number of carbonyl (C=O) groups is 1. The first kappa shape index (κ1) is 20.6. The molecule has 0 saturated carbocycles. The topological polar surface area (TPSA) is 66.5 Å². The van der Waals surface area contributed by atoms with Crippen LogP contribution in [0.3, 0.4) is 0 Å². The monoisotopic (exact) mass is 414 g/mol. The molecule has 0 aliphatic rings. The van der Waals surface area contributed by atoms with Gasteiger partial charge in [0.25, 0.3) is 0 Å². The van der Waals surface area contributed by atoms with Crippen LogP contribution < -0.4 is 9.62 Å². The Labute approximate surface area is 164 Å². The number of sulfonamides is 1. The van der Waals surface area contributed by atoms with Crippen molar-refractivity contribution in [3.05, 3.63) is 64.1 Å². The van der Waals surface area contributed by atoms with Gasteiger partial charge < -0.3 is 5.32 Å². The fourth-order valence-electron chi connectivity index (χ4n) is 2.53. The maximum absolute atomic E-state index is 12.5. The lowest BCUT2D eigenvalue weighted by atomic mass is 10.0. The molecule has 0 fully saturated rings. The molecule has 1 N–H and O–H groups in total. The molecule has 0 aliphatic carbocycles. The molecule has 0 unspecified atom stereocenters. The Morgan fingerprint density at radius 2 is 1.81 bits per heavy atom. The number of nitrogens with one attached hydrogen (secondary N) is 1. The Kier molecular flexibility index (Phi) is 6.92. The molecule has 1 amide bonds. The molecule has 0 aliphatic heterocycles. The Bertz CT molecular complexity index is 873. The lowest BCUT2D eigenvalue weighted by molar-refractivity contribution is -0.120. The summed E-state index contributed by atoms with van der Waals surface area (Å²) in [6.07, 6.45) is 1.69. The molecule has 0 radical (unpaired) electrons. The minimum atomic E-state index is -3.73. The number of benzene rings is 2. The Hall–Kier alpha value is -1.76. The van der Waals surface area contributed by atoms with Crippen molar-refractivity contribution in [2.75, 3.05) is 17.1 Å². The Balaban J connectivity index is 2.23. The highest BCUT2D eigenvalue weighted by Gasteiger charge is 2.24. The normalized spacial score (nSPS) is 12.5. The van der Waals surface area contributed by atoms with Crippen LogP contribution in [0.25, 0.3) is 0 Å². The summed E-state index contributed by atoms with van der Waals surface area (Å²) >= 11 is 12.1. The maximum atomic E-state index is 12.5. The van der Waals surface area contributed by atoms with Crippen LogP contribution in [0.4, 0.5) is 5.69 Å². The van der Waals surface area contributed by atoms with E-state index in [-0.39, 0.29) is 23.3 Å². The van der Waals surface area contributed by atoms with Gasteiger partial charge in [-0.3, -0.25) is 9.10 Å². The molecule has 0 bridgehead atoms. The average Bonchev–Trinajstić information content (AvgIpc) is 2.59. The second kappa shape index (κ2) is 8.75. The molecule has 140 valence electrons. The van der Waals surface area contributed by atoms with Crippen molar-refractivity contribution in [3.63, 3.8) is 0 Å². The van der Waals surface area contributed by atoms with Gasteiger partial charge in [-0.05, 0) is 30.2 Å². The van der Waals surface area contributed by atoms with E-state index in [1.807, 2.05) is 37.3 Å². The highest BCUT2D eigenvalue weighted by Crippen LogP contribution is 2.30. The molecule has 8 heteroatoms. The van der Waals surface area contributed by atoms with Gasteiger partial charge in [0.1, 0.15) is 6.54 Å². The van der Waals surface area contributed by atoms with Gasteiger partial charge in [0.05, 0.1) is 23.0 Å². The van der Waals surface area contributed by atoms with Crippen LogP contribution in [0.1, 0.15) is 24.9 Å². The molecule has 0 saturated heterocycles. The summed E-state index contributed by atoms with van der Waals surface area (Å²) in [5.74, 6) is -0.429. The van der Waals surface area contributed by atoms with E-state index >= 15 is 0 Å². The van der Waals surface area contributed by atoms with Gasteiger partial charge in [0.15, 0.2) is 0 Å². The van der Waals surface area contributed by atoms with E-state index in [1.54, 1.807) is 6.07 Å². The van der Waals surface area contributed by atoms with Gasteiger partial charge in [-0.1, -0.05) is 60.5 Å². The van der Waals surface area contributed by atoms with E-state index in [2.05, 4.69) is 5.32 Å². The second-order valence-electron chi connectivity index (χ2n) is 5.80. The van der Waals surface area contributed by atoms with Crippen LogP contribution in [0.5, 0.6) is 0 Å². The average molecular weight is 415 g/mol. The zero-order valence-electron chi connectivity index (χ0n) is 14.4. The summed E-state index contributed by atoms with van der Waals surface area (Å²) in [6.45, 7) is 1.56. The van der Waals surface area contributed by atoms with E-state index < -0.39 is 15.9 Å². The summed E-state index contributed by atoms with van der Waals surface area (Å²) in [6, 6.07) is 13.8. The third kappa shape index (κ3) is 5.37. The van der Waals surface area contributed by atoms with Gasteiger partial charge in [-0.25, -0.2) is 8.42 Å². The van der Waals surface area contributed by atoms with E-state index in [0.29, 0.717) is 11.4 Å². The largest absolute Gasteiger partial charge is 0.348 e. The molecule has 0 aromatic heterocycles. The summed E-state index contributed by atoms with van der Waals surface area (Å²) < 4.78 is 25.4. The number of halogens is 2. The van der Waals surface area contributed by atoms with Crippen molar-refractivity contribution >= 4 is 44.8 Å². The summed E-state index contributed by atoms with van der Waals surface area (Å²) in [5.41, 5.74) is 1.12. The second-order valence-corrected chi connectivity index (χ2v) is 8.55. The molecule has 26 heavy (non-hydrogen) atoms. The predicted octanol–water partition coefficient (Wildman–Crippen LogP) is 4.03. The number of anilines is 1. The number of hydrogen-bond acceptors (Lipinski definition) is 3. The van der Waals surface area contributed by atoms with Crippen LogP contribution in [-0.2, 0) is 14.8 Å². The molecular formula is C18H20Cl2N2O3S. The standard InChI is InChI=1S/C18H20Cl2N2O3S/c1-3-16(13-7-5-4-6-8-13)21-18(23)12-22(26(2,24)25)17-11-14(19)9-10-15(17)20/h4-11,16H,3,12H2,1-2H3,(H,21,23)/t16-/m1/s1. The number of nitrogens with zero attached hydrogens (tertiary/aromatic N) is 1. The van der Waals surface area contributed by atoms with Crippen molar-refractivity contribution in [1.82, 2.24) is 5.32 Å². The smallest absolute Gasteiger partial charge is 0.241 e. The lowest BCUT2D eigenvalue weighted by Gasteiger charge is -2.25. The van der Waals surface area contributed by atoms with Crippen LogP contribution in [0.2, 0.25) is 10.0 Å². The molecule has 0 heterocycles. The van der Waals surface area contributed by atoms with Crippen LogP contribution in [0.15, 0.2) is 48.5 Å². The minimum Gasteiger partial charge on any atom is -0.348 e. The van der Waals surface area contributed by atoms with Crippen LogP contribution in [0, 0.1) is 0 Å². The summed E-state index contributed by atoms with van der Waals surface area (Å²) in [5, 5.41) is 3.39. The van der Waals surface area contributed by atoms with Gasteiger partial charge in [0, 0.05) is 5.02 Å². The van der Waals surface area contributed by atoms with Crippen molar-refractivity contribution < 1.29 is 13.2 Å². The van der Waals surface area contributed by atoms with Gasteiger partial charge in [0.2, 0.25) is 15.9 Å². The fourth-order valence-corrected chi connectivity index (χ4v) is 3.83. The number of hydrogen-bond donors (Lipinski definition) is 1. The zero-order chi connectivity index (χ0) is 19.3. The number of amides is 1. The Morgan fingerprint density at radius 3 is 2.38 bits per heavy atom. The SMILES string of the molecule is CC[C@@H](NC(=O)CN(c1cc(Cl)ccc1Cl)S(C)(=O)=O)c1ccccc1. The first-order valence-electron chi connectivity index (χ1n) is 7.99. The summed E-state index contributed by atoms with van der Waals surface area (Å²) in [7, 11) is -3.73. The molecule has 2 aromatic rings. The van der Waals surface area contributed by atoms with E-state index in [0.717, 1.165) is 16.1 Å². The third-order valence-corrected chi connectivity index (χ3v) is 5.49. The molecule has 1 atom stereocenters. The predicted molar refractivity (Wildman–Crippen MR) is 106 cm³/mol. The van der Waals surface area contributed by atoms with Gasteiger partial charge >= 0.3 is 0 Å². The number of rotatable bonds is 7. The third-order valence-electron chi connectivity index (χ3n) is 3.81. The van der Waals surface area contributed by atoms with Crippen LogP contribution in [-0.4, -0.2) is 27.1 Å². The van der Waals surface area contributed by atoms with Gasteiger partial charge in [-0.15, -0.1) is 0 Å². The van der Waals surface area contributed by atoms with Crippen LogP contribution >= 0.6 is 23.2 Å². The zero-order valence-corrected chi connectivity index (χ0v) is 16.8. The first-order valence-corrected chi connectivity index (χ1v) is 10.6. The van der Waals surface area contributed by atoms with E-state index in [1.165, 1.54) is 12.1 Å². The molecule has 2 rings (SSSR count). The van der Waals surface area contributed by atoms with Crippen molar-refractivity contribution in [2.24, 2.45) is 0 Å². The molecule has 0 spiro atoms. The number of carbonyl (C=O) groups excluding carboxylic acids is 1. The van der Waals surface area contributed by atoms with E-state index in [4.69, 9.17) is 23.2 Å². The first-order chi connectivity index (χ1) is 12.2. The Morgan fingerprint density at radius 1 is 1.15 bits per heavy atom. The van der Waals surface area contributed by atoms with Crippen molar-refractivity contribution in [3.8, 4) is 0 Å². The quantitative estimate of drug-likeness (QED) is 0.743. The van der Waals surface area contributed by atoms with Crippen molar-refractivity contribution in [1.29, 1.82) is 0 Å². The fraction of sp³-hybridized carbons (Fsp3) is 0.278. The van der Waals surface area contributed by atoms with E-state index in [9.17, 15) is 13.2 Å². The van der Waals surface area contributed by atoms with Gasteiger partial charge in [-0.2, -0.15) is 0 Å². The summed E-state index contributed by atoms with van der Waals surface area (Å²) in [4.78, 5) is 12.5. The van der Waals surface area contributed by atoms with Crippen molar-refractivity contribution in [2.45, 2.75) is 19.4 Å². The highest BCUT2D eigenvalue weighted by molar-refractivity contribution is 7.92. The molecule has 2 aromatic carbocycles. The maximum Gasteiger partial charge on any atom is 0.241 e. The minimum absolute atomic E-state index is 0.171. The lowest BCUT2D eigenvalue weighted by Crippen LogP contribution is -2.41. The highest BCUT2D eigenvalue weighted by atomic mass is 35.5. The molecule has 5 nitrogen and oxygen atoms in total.